The highest BCUT2D eigenvalue weighted by Crippen LogP contribution is 2.24. The topological polar surface area (TPSA) is 78.8 Å². The molecule has 0 saturated heterocycles. The van der Waals surface area contributed by atoms with Crippen LogP contribution in [0.15, 0.2) is 50.9 Å². The molecule has 0 aliphatic rings. The van der Waals surface area contributed by atoms with Crippen molar-refractivity contribution in [3.8, 4) is 5.75 Å². The van der Waals surface area contributed by atoms with E-state index in [0.717, 1.165) is 15.6 Å². The van der Waals surface area contributed by atoms with Gasteiger partial charge in [0.1, 0.15) is 5.75 Å². The second-order valence-corrected chi connectivity index (χ2v) is 7.34. The maximum Gasteiger partial charge on any atom is 0.276 e. The molecule has 0 atom stereocenters. The predicted molar refractivity (Wildman–Crippen MR) is 89.6 cm³/mol. The van der Waals surface area contributed by atoms with E-state index in [9.17, 15) is 13.5 Å². The van der Waals surface area contributed by atoms with Crippen LogP contribution in [-0.2, 0) is 10.0 Å². The lowest BCUT2D eigenvalue weighted by molar-refractivity contribution is 0.474. The van der Waals surface area contributed by atoms with Crippen molar-refractivity contribution in [2.24, 2.45) is 5.10 Å². The lowest BCUT2D eigenvalue weighted by Crippen LogP contribution is -2.18. The molecule has 0 aromatic heterocycles. The maximum atomic E-state index is 12.0. The van der Waals surface area contributed by atoms with Gasteiger partial charge in [-0.25, -0.2) is 4.83 Å². The van der Waals surface area contributed by atoms with Crippen LogP contribution in [0.1, 0.15) is 16.7 Å². The predicted octanol–water partition coefficient (Wildman–Crippen LogP) is 3.08. The number of aromatic hydroxyl groups is 1. The van der Waals surface area contributed by atoms with Gasteiger partial charge in [0, 0.05) is 10.0 Å². The van der Waals surface area contributed by atoms with E-state index >= 15 is 0 Å². The fourth-order valence-electron chi connectivity index (χ4n) is 1.72. The highest BCUT2D eigenvalue weighted by molar-refractivity contribution is 9.10. The molecule has 22 heavy (non-hydrogen) atoms. The van der Waals surface area contributed by atoms with E-state index in [4.69, 9.17) is 0 Å². The van der Waals surface area contributed by atoms with Crippen molar-refractivity contribution in [3.63, 3.8) is 0 Å². The van der Waals surface area contributed by atoms with Gasteiger partial charge >= 0.3 is 0 Å². The van der Waals surface area contributed by atoms with E-state index in [1.54, 1.807) is 24.3 Å². The molecule has 0 aliphatic carbocycles. The molecule has 2 N–H and O–H groups in total. The Hall–Kier alpha value is -1.86. The molecule has 0 spiro atoms. The van der Waals surface area contributed by atoms with Crippen molar-refractivity contribution in [2.75, 3.05) is 0 Å². The third-order valence-electron chi connectivity index (χ3n) is 3.02. The minimum absolute atomic E-state index is 0.0268. The number of aryl methyl sites for hydroxylation is 2. The number of hydrogen-bond donors (Lipinski definition) is 2. The van der Waals surface area contributed by atoms with Crippen LogP contribution in [0, 0.1) is 13.8 Å². The van der Waals surface area contributed by atoms with Gasteiger partial charge in [-0.15, -0.1) is 0 Å². The Morgan fingerprint density at radius 1 is 1.18 bits per heavy atom. The molecule has 7 heteroatoms. The second-order valence-electron chi connectivity index (χ2n) is 4.83. The zero-order valence-electron chi connectivity index (χ0n) is 12.0. The Labute approximate surface area is 137 Å². The summed E-state index contributed by atoms with van der Waals surface area (Å²) in [6.07, 6.45) is 1.26. The standard InChI is InChI=1S/C15H15BrN2O3S/c1-10-3-5-13(6-4-10)22(20,21)18-17-9-12-8-14(16)11(2)7-15(12)19/h3-9,18-19H,1-2H3/b17-9+. The van der Waals surface area contributed by atoms with Gasteiger partial charge in [-0.3, -0.25) is 0 Å². The maximum absolute atomic E-state index is 12.0. The summed E-state index contributed by atoms with van der Waals surface area (Å²) in [6, 6.07) is 9.66. The van der Waals surface area contributed by atoms with E-state index in [-0.39, 0.29) is 10.6 Å². The van der Waals surface area contributed by atoms with Crippen LogP contribution in [0.25, 0.3) is 0 Å². The number of phenols is 1. The van der Waals surface area contributed by atoms with Gasteiger partial charge in [0.2, 0.25) is 0 Å². The largest absolute Gasteiger partial charge is 0.507 e. The highest BCUT2D eigenvalue weighted by atomic mass is 79.9. The third-order valence-corrected chi connectivity index (χ3v) is 5.11. The Kier molecular flexibility index (Phi) is 4.87. The Bertz CT molecular complexity index is 815. The molecular formula is C15H15BrN2O3S. The number of phenolic OH excluding ortho intramolecular Hbond substituents is 1. The minimum atomic E-state index is -3.72. The Morgan fingerprint density at radius 3 is 2.45 bits per heavy atom. The number of halogens is 1. The Morgan fingerprint density at radius 2 is 1.82 bits per heavy atom. The second kappa shape index (κ2) is 6.50. The number of sulfonamides is 1. The molecule has 0 bridgehead atoms. The average Bonchev–Trinajstić information content (AvgIpc) is 2.44. The van der Waals surface area contributed by atoms with E-state index in [0.29, 0.717) is 5.56 Å². The summed E-state index contributed by atoms with van der Waals surface area (Å²) >= 11 is 3.34. The van der Waals surface area contributed by atoms with Crippen LogP contribution in [0.2, 0.25) is 0 Å². The number of rotatable bonds is 4. The van der Waals surface area contributed by atoms with Crippen LogP contribution >= 0.6 is 15.9 Å². The van der Waals surface area contributed by atoms with E-state index in [1.807, 2.05) is 13.8 Å². The lowest BCUT2D eigenvalue weighted by Gasteiger charge is -2.05. The van der Waals surface area contributed by atoms with E-state index in [2.05, 4.69) is 25.9 Å². The van der Waals surface area contributed by atoms with Crippen LogP contribution in [0.4, 0.5) is 0 Å². The van der Waals surface area contributed by atoms with Gasteiger partial charge < -0.3 is 5.11 Å². The van der Waals surface area contributed by atoms with Gasteiger partial charge in [0.25, 0.3) is 10.0 Å². The van der Waals surface area contributed by atoms with E-state index < -0.39 is 10.0 Å². The molecule has 0 heterocycles. The summed E-state index contributed by atoms with van der Waals surface area (Å²) in [5, 5.41) is 13.5. The van der Waals surface area contributed by atoms with Gasteiger partial charge in [-0.05, 0) is 43.7 Å². The molecule has 0 aliphatic heterocycles. The zero-order chi connectivity index (χ0) is 16.3. The van der Waals surface area contributed by atoms with Crippen molar-refractivity contribution in [1.29, 1.82) is 0 Å². The first-order valence-corrected chi connectivity index (χ1v) is 8.68. The molecule has 0 radical (unpaired) electrons. The van der Waals surface area contributed by atoms with Crippen molar-refractivity contribution in [1.82, 2.24) is 4.83 Å². The van der Waals surface area contributed by atoms with Crippen LogP contribution in [-0.4, -0.2) is 19.7 Å². The summed E-state index contributed by atoms with van der Waals surface area (Å²) in [5.41, 5.74) is 2.25. The summed E-state index contributed by atoms with van der Waals surface area (Å²) < 4.78 is 24.9. The fourth-order valence-corrected chi connectivity index (χ4v) is 2.87. The van der Waals surface area contributed by atoms with Crippen molar-refractivity contribution in [3.05, 3.63) is 57.6 Å². The number of nitrogens with zero attached hydrogens (tertiary/aromatic N) is 1. The highest BCUT2D eigenvalue weighted by Gasteiger charge is 2.12. The van der Waals surface area contributed by atoms with Gasteiger partial charge in [-0.2, -0.15) is 13.5 Å². The normalized spacial score (nSPS) is 11.8. The average molecular weight is 383 g/mol. The summed E-state index contributed by atoms with van der Waals surface area (Å²) in [4.78, 5) is 2.25. The molecular weight excluding hydrogens is 368 g/mol. The molecule has 5 nitrogen and oxygen atoms in total. The van der Waals surface area contributed by atoms with Crippen LogP contribution < -0.4 is 4.83 Å². The molecule has 2 aromatic carbocycles. The first-order chi connectivity index (χ1) is 10.3. The van der Waals surface area contributed by atoms with Crippen molar-refractivity contribution < 1.29 is 13.5 Å². The number of benzene rings is 2. The smallest absolute Gasteiger partial charge is 0.276 e. The minimum Gasteiger partial charge on any atom is -0.507 e. The van der Waals surface area contributed by atoms with Gasteiger partial charge in [-0.1, -0.05) is 33.6 Å². The Balaban J connectivity index is 2.18. The number of hydrazone groups is 1. The molecule has 116 valence electrons. The number of hydrogen-bond acceptors (Lipinski definition) is 4. The fraction of sp³-hybridized carbons (Fsp3) is 0.133. The number of nitrogens with one attached hydrogen (secondary N) is 1. The quantitative estimate of drug-likeness (QED) is 0.629. The summed E-state index contributed by atoms with van der Waals surface area (Å²) in [6.45, 7) is 3.71. The lowest BCUT2D eigenvalue weighted by atomic mass is 10.1. The first-order valence-electron chi connectivity index (χ1n) is 6.40. The third kappa shape index (κ3) is 3.86. The monoisotopic (exact) mass is 382 g/mol. The van der Waals surface area contributed by atoms with Gasteiger partial charge in [0.15, 0.2) is 0 Å². The molecule has 0 amide bonds. The molecule has 2 aromatic rings. The first kappa shape index (κ1) is 16.5. The van der Waals surface area contributed by atoms with Gasteiger partial charge in [0.05, 0.1) is 11.1 Å². The SMILES string of the molecule is Cc1ccc(S(=O)(=O)N/N=C/c2cc(Br)c(C)cc2O)cc1. The summed E-state index contributed by atoms with van der Waals surface area (Å²) in [5.74, 6) is 0.0268. The molecule has 2 rings (SSSR count). The molecule has 0 unspecified atom stereocenters. The van der Waals surface area contributed by atoms with Crippen molar-refractivity contribution in [2.45, 2.75) is 18.7 Å². The van der Waals surface area contributed by atoms with Crippen LogP contribution in [0.5, 0.6) is 5.75 Å². The summed E-state index contributed by atoms with van der Waals surface area (Å²) in [7, 11) is -3.72. The molecule has 0 saturated carbocycles. The zero-order valence-corrected chi connectivity index (χ0v) is 14.4. The van der Waals surface area contributed by atoms with E-state index in [1.165, 1.54) is 18.3 Å². The van der Waals surface area contributed by atoms with Crippen molar-refractivity contribution >= 4 is 32.2 Å². The molecule has 0 fully saturated rings. The van der Waals surface area contributed by atoms with Crippen LogP contribution in [0.3, 0.4) is 0 Å².